The summed E-state index contributed by atoms with van der Waals surface area (Å²) in [5.74, 6) is 0.780. The summed E-state index contributed by atoms with van der Waals surface area (Å²) in [4.78, 5) is 2.31. The smallest absolute Gasteiger partial charge is 0.141 e. The average Bonchev–Trinajstić information content (AvgIpc) is 2.95. The van der Waals surface area contributed by atoms with Gasteiger partial charge >= 0.3 is 0 Å². The van der Waals surface area contributed by atoms with Crippen molar-refractivity contribution in [3.8, 4) is 11.1 Å². The highest BCUT2D eigenvalue weighted by Gasteiger charge is 2.22. The van der Waals surface area contributed by atoms with Gasteiger partial charge in [0, 0.05) is 37.9 Å². The van der Waals surface area contributed by atoms with Crippen LogP contribution in [-0.4, -0.2) is 47.6 Å². The van der Waals surface area contributed by atoms with Crippen molar-refractivity contribution in [2.45, 2.75) is 52.7 Å². The second kappa shape index (κ2) is 8.23. The van der Waals surface area contributed by atoms with Crippen LogP contribution in [0.4, 0.5) is 5.69 Å². The minimum Gasteiger partial charge on any atom is -0.398 e. The number of aromatic nitrogens is 1. The van der Waals surface area contributed by atoms with Gasteiger partial charge in [-0.2, -0.15) is 0 Å². The molecule has 0 spiro atoms. The van der Waals surface area contributed by atoms with Gasteiger partial charge < -0.3 is 20.4 Å². The number of nitrogens with two attached hydrogens (primary N) is 1. The van der Waals surface area contributed by atoms with Crippen LogP contribution in [0.1, 0.15) is 45.1 Å². The molecule has 1 fully saturated rings. The minimum atomic E-state index is 0. The van der Waals surface area contributed by atoms with Gasteiger partial charge in [-0.15, -0.1) is 0 Å². The second-order valence-corrected chi connectivity index (χ2v) is 7.64. The Morgan fingerprint density at radius 2 is 2.07 bits per heavy atom. The number of nitrogens with one attached hydrogen (secondary N) is 1. The van der Waals surface area contributed by atoms with Gasteiger partial charge in [-0.25, -0.2) is 0 Å². The molecule has 148 valence electrons. The number of nitrogen functional groups attached to an aromatic ring is 1. The fourth-order valence-electron chi connectivity index (χ4n) is 3.77. The molecule has 3 N–H and O–H groups in total. The summed E-state index contributed by atoms with van der Waals surface area (Å²) in [6.07, 6.45) is 2.63. The number of hydrogen-bond acceptors (Lipinski definition) is 6. The predicted octanol–water partition coefficient (Wildman–Crippen LogP) is 4.04. The summed E-state index contributed by atoms with van der Waals surface area (Å²) in [6, 6.07) is 5.82. The van der Waals surface area contributed by atoms with Crippen LogP contribution in [0, 0.1) is 19.3 Å². The molecule has 1 aromatic heterocycles. The molecule has 0 bridgehead atoms. The van der Waals surface area contributed by atoms with Crippen LogP contribution in [0.15, 0.2) is 22.7 Å². The third kappa shape index (κ3) is 4.57. The highest BCUT2D eigenvalue weighted by Crippen LogP contribution is 2.29. The van der Waals surface area contributed by atoms with Crippen molar-refractivity contribution >= 4 is 11.4 Å². The Labute approximate surface area is 162 Å². The van der Waals surface area contributed by atoms with Crippen LogP contribution in [0.5, 0.6) is 0 Å². The van der Waals surface area contributed by atoms with Crippen LogP contribution in [0.3, 0.4) is 0 Å². The predicted molar refractivity (Wildman–Crippen MR) is 110 cm³/mol. The molecule has 3 rings (SSSR count). The molecule has 0 saturated carbocycles. The molecule has 2 heterocycles. The maximum absolute atomic E-state index is 8.61. The lowest BCUT2D eigenvalue weighted by molar-refractivity contribution is -0.0246. The van der Waals surface area contributed by atoms with Gasteiger partial charge in [0.25, 0.3) is 0 Å². The molecule has 1 aliphatic heterocycles. The van der Waals surface area contributed by atoms with E-state index < -0.39 is 0 Å². The van der Waals surface area contributed by atoms with Gasteiger partial charge in [0.2, 0.25) is 0 Å². The van der Waals surface area contributed by atoms with E-state index in [0.717, 1.165) is 54.1 Å². The van der Waals surface area contributed by atoms with E-state index in [-0.39, 0.29) is 7.53 Å². The minimum absolute atomic E-state index is 0. The Balaban J connectivity index is 0.00000280. The molecular weight excluding hydrogens is 340 g/mol. The largest absolute Gasteiger partial charge is 0.398 e. The van der Waals surface area contributed by atoms with Gasteiger partial charge in [-0.3, -0.25) is 4.90 Å². The summed E-state index contributed by atoms with van der Waals surface area (Å²) >= 11 is 0. The third-order valence-corrected chi connectivity index (χ3v) is 5.08. The van der Waals surface area contributed by atoms with Gasteiger partial charge in [-0.05, 0) is 58.2 Å². The number of hydrogen-bond donors (Lipinski definition) is 2. The highest BCUT2D eigenvalue weighted by molar-refractivity contribution is 6.05. The van der Waals surface area contributed by atoms with E-state index >= 15 is 0 Å². The topological polar surface area (TPSA) is 88.4 Å². The van der Waals surface area contributed by atoms with Crippen LogP contribution in [0.2, 0.25) is 0 Å². The van der Waals surface area contributed by atoms with Crippen LogP contribution in [-0.2, 0) is 4.74 Å². The van der Waals surface area contributed by atoms with E-state index in [1.54, 1.807) is 0 Å². The third-order valence-electron chi connectivity index (χ3n) is 5.08. The summed E-state index contributed by atoms with van der Waals surface area (Å²) in [7, 11) is 0. The molecule has 0 unspecified atom stereocenters. The molecule has 27 heavy (non-hydrogen) atoms. The Bertz CT molecular complexity index is 791. The SMILES string of the molecule is Cc1noc(C)c1-c1ccc(N)c(C(=N)CN2CCC(OC(C)C)CC2)c1.[HH]. The van der Waals surface area contributed by atoms with Crippen molar-refractivity contribution in [1.29, 1.82) is 5.41 Å². The van der Waals surface area contributed by atoms with Crippen molar-refractivity contribution in [2.24, 2.45) is 0 Å². The number of anilines is 1. The molecule has 0 amide bonds. The number of ether oxygens (including phenoxy) is 1. The summed E-state index contributed by atoms with van der Waals surface area (Å²) in [5, 5.41) is 12.6. The fraction of sp³-hybridized carbons (Fsp3) is 0.524. The lowest BCUT2D eigenvalue weighted by atomic mass is 9.98. The van der Waals surface area contributed by atoms with Gasteiger partial charge in [0.1, 0.15) is 5.76 Å². The van der Waals surface area contributed by atoms with Gasteiger partial charge in [-0.1, -0.05) is 11.2 Å². The molecule has 0 radical (unpaired) electrons. The van der Waals surface area contributed by atoms with Crippen molar-refractivity contribution < 1.29 is 10.7 Å². The van der Waals surface area contributed by atoms with E-state index in [0.29, 0.717) is 24.0 Å². The number of aryl methyl sites for hydroxylation is 2. The number of likely N-dealkylation sites (tertiary alicyclic amines) is 1. The first-order chi connectivity index (χ1) is 12.8. The first-order valence-electron chi connectivity index (χ1n) is 9.63. The quantitative estimate of drug-likeness (QED) is 0.590. The summed E-state index contributed by atoms with van der Waals surface area (Å²) < 4.78 is 11.2. The first-order valence-corrected chi connectivity index (χ1v) is 9.63. The average molecular weight is 373 g/mol. The number of nitrogens with zero attached hydrogens (tertiary/aromatic N) is 2. The van der Waals surface area contributed by atoms with Crippen molar-refractivity contribution in [2.75, 3.05) is 25.4 Å². The van der Waals surface area contributed by atoms with Crippen molar-refractivity contribution in [3.05, 3.63) is 35.2 Å². The zero-order valence-corrected chi connectivity index (χ0v) is 16.7. The summed E-state index contributed by atoms with van der Waals surface area (Å²) in [5.41, 5.74) is 11.0. The standard InChI is InChI=1S/C21H30N4O2.H2/c1-13(2)26-17-7-9-25(10-8-17)12-20(23)18-11-16(5-6-19(18)22)21-14(3)24-27-15(21)4;/h5-6,11,13,17,23H,7-10,12,22H2,1-4H3;1H. The lowest BCUT2D eigenvalue weighted by Crippen LogP contribution is -2.40. The molecule has 2 aromatic rings. The van der Waals surface area contributed by atoms with Crippen molar-refractivity contribution in [3.63, 3.8) is 0 Å². The van der Waals surface area contributed by atoms with Crippen molar-refractivity contribution in [1.82, 2.24) is 10.1 Å². The Morgan fingerprint density at radius 3 is 2.67 bits per heavy atom. The van der Waals surface area contributed by atoms with E-state index in [9.17, 15) is 0 Å². The molecule has 0 aliphatic carbocycles. The van der Waals surface area contributed by atoms with Gasteiger partial charge in [0.05, 0.1) is 23.6 Å². The molecule has 1 aromatic carbocycles. The molecular formula is C21H32N4O2. The van der Waals surface area contributed by atoms with E-state index in [2.05, 4.69) is 23.9 Å². The normalized spacial score (nSPS) is 16.2. The van der Waals surface area contributed by atoms with E-state index in [4.69, 9.17) is 20.4 Å². The summed E-state index contributed by atoms with van der Waals surface area (Å²) in [6.45, 7) is 10.5. The number of rotatable bonds is 6. The molecule has 6 nitrogen and oxygen atoms in total. The molecule has 1 aliphatic rings. The van der Waals surface area contributed by atoms with Gasteiger partial charge in [0.15, 0.2) is 0 Å². The second-order valence-electron chi connectivity index (χ2n) is 7.64. The maximum Gasteiger partial charge on any atom is 0.141 e. The van der Waals surface area contributed by atoms with E-state index in [1.807, 2.05) is 32.0 Å². The van der Waals surface area contributed by atoms with Crippen LogP contribution in [0.25, 0.3) is 11.1 Å². The molecule has 1 saturated heterocycles. The zero-order valence-electron chi connectivity index (χ0n) is 16.7. The lowest BCUT2D eigenvalue weighted by Gasteiger charge is -2.33. The number of benzene rings is 1. The first kappa shape index (κ1) is 19.6. The molecule has 6 heteroatoms. The maximum atomic E-state index is 8.61. The van der Waals surface area contributed by atoms with Crippen LogP contribution < -0.4 is 5.73 Å². The molecule has 0 atom stereocenters. The van der Waals surface area contributed by atoms with Crippen LogP contribution >= 0.6 is 0 Å². The Hall–Kier alpha value is -2.18. The Morgan fingerprint density at radius 1 is 1.37 bits per heavy atom. The highest BCUT2D eigenvalue weighted by atomic mass is 16.5. The van der Waals surface area contributed by atoms with E-state index in [1.165, 1.54) is 0 Å². The Kier molecular flexibility index (Phi) is 5.97. The monoisotopic (exact) mass is 372 g/mol. The number of piperidine rings is 1. The zero-order chi connectivity index (χ0) is 19.6. The fourth-order valence-corrected chi connectivity index (χ4v) is 3.77.